The van der Waals surface area contributed by atoms with Gasteiger partial charge in [-0.1, -0.05) is 24.3 Å². The van der Waals surface area contributed by atoms with Gasteiger partial charge in [-0.2, -0.15) is 0 Å². The van der Waals surface area contributed by atoms with Crippen LogP contribution in [0.5, 0.6) is 0 Å². The van der Waals surface area contributed by atoms with E-state index in [4.69, 9.17) is 10.8 Å². The molecule has 0 spiro atoms. The van der Waals surface area contributed by atoms with Crippen molar-refractivity contribution in [3.05, 3.63) is 35.4 Å². The predicted octanol–water partition coefficient (Wildman–Crippen LogP) is 0.520. The highest BCUT2D eigenvalue weighted by molar-refractivity contribution is 8.93. The lowest BCUT2D eigenvalue weighted by molar-refractivity contribution is -0.142. The van der Waals surface area contributed by atoms with Gasteiger partial charge < -0.3 is 16.2 Å². The van der Waals surface area contributed by atoms with E-state index in [2.05, 4.69) is 5.32 Å². The highest BCUT2D eigenvalue weighted by Crippen LogP contribution is 2.27. The van der Waals surface area contributed by atoms with Crippen molar-refractivity contribution < 1.29 is 14.7 Å². The molecule has 5 nitrogen and oxygen atoms in total. The Morgan fingerprint density at radius 3 is 2.44 bits per heavy atom. The Morgan fingerprint density at radius 1 is 1.31 bits per heavy atom. The second kappa shape index (κ2) is 4.63. The van der Waals surface area contributed by atoms with Gasteiger partial charge in [0.1, 0.15) is 6.04 Å². The zero-order valence-electron chi connectivity index (χ0n) is 8.21. The fourth-order valence-corrected chi connectivity index (χ4v) is 1.70. The Kier molecular flexibility index (Phi) is 3.66. The Labute approximate surface area is 102 Å². The van der Waals surface area contributed by atoms with Crippen molar-refractivity contribution in [1.82, 2.24) is 5.32 Å². The van der Waals surface area contributed by atoms with Gasteiger partial charge in [-0.25, -0.2) is 4.79 Å². The molecule has 0 aliphatic carbocycles. The van der Waals surface area contributed by atoms with Crippen molar-refractivity contribution in [2.45, 2.75) is 12.1 Å². The number of carboxylic acid groups (broad SMARTS) is 1. The van der Waals surface area contributed by atoms with Crippen LogP contribution in [0.2, 0.25) is 0 Å². The molecule has 16 heavy (non-hydrogen) atoms. The van der Waals surface area contributed by atoms with Crippen molar-refractivity contribution in [2.24, 2.45) is 5.73 Å². The Hall–Kier alpha value is -1.40. The van der Waals surface area contributed by atoms with Crippen LogP contribution in [0.15, 0.2) is 24.3 Å². The first kappa shape index (κ1) is 12.7. The number of carboxylic acids is 1. The van der Waals surface area contributed by atoms with Gasteiger partial charge in [-0.15, -0.1) is 17.0 Å². The number of halogens is 1. The number of benzene rings is 1. The summed E-state index contributed by atoms with van der Waals surface area (Å²) in [4.78, 5) is 22.3. The lowest BCUT2D eigenvalue weighted by Gasteiger charge is -2.27. The average Bonchev–Trinajstić information content (AvgIpc) is 2.23. The summed E-state index contributed by atoms with van der Waals surface area (Å²) in [6.45, 7) is 0. The fraction of sp³-hybridized carbons (Fsp3) is 0.200. The number of hydrogen-bond donors (Lipinski definition) is 3. The number of carbonyl (C=O) groups excluding carboxylic acids is 1. The summed E-state index contributed by atoms with van der Waals surface area (Å²) in [7, 11) is 0. The number of nitrogens with two attached hydrogens (primary N) is 1. The third kappa shape index (κ3) is 1.94. The standard InChI is InChI=1S/C10H10N2O3.BrH/c11-7-5-3-1-2-4-6(5)8(10(14)15)12-9(7)13;/h1-4,7-8H,11H2,(H,12,13)(H,14,15);1H/t7-,8+;/m0./s1. The van der Waals surface area contributed by atoms with Crippen molar-refractivity contribution in [3.8, 4) is 0 Å². The number of fused-ring (bicyclic) bond motifs is 1. The molecule has 4 N–H and O–H groups in total. The highest BCUT2D eigenvalue weighted by atomic mass is 79.9. The molecule has 2 atom stereocenters. The lowest BCUT2D eigenvalue weighted by atomic mass is 9.91. The summed E-state index contributed by atoms with van der Waals surface area (Å²) in [5.41, 5.74) is 6.78. The zero-order chi connectivity index (χ0) is 11.0. The molecule has 1 aromatic rings. The summed E-state index contributed by atoms with van der Waals surface area (Å²) in [6.07, 6.45) is 0. The minimum Gasteiger partial charge on any atom is -0.479 e. The summed E-state index contributed by atoms with van der Waals surface area (Å²) >= 11 is 0. The van der Waals surface area contributed by atoms with E-state index in [1.165, 1.54) is 0 Å². The molecule has 2 rings (SSSR count). The first-order chi connectivity index (χ1) is 7.11. The largest absolute Gasteiger partial charge is 0.479 e. The molecule has 1 aromatic carbocycles. The minimum atomic E-state index is -1.08. The van der Waals surface area contributed by atoms with Gasteiger partial charge in [-0.05, 0) is 11.1 Å². The number of aliphatic carboxylic acids is 1. The van der Waals surface area contributed by atoms with E-state index < -0.39 is 24.0 Å². The third-order valence-corrected chi connectivity index (χ3v) is 2.46. The molecule has 86 valence electrons. The van der Waals surface area contributed by atoms with Crippen LogP contribution in [0, 0.1) is 0 Å². The molecule has 1 amide bonds. The minimum absolute atomic E-state index is 0. The Morgan fingerprint density at radius 2 is 1.88 bits per heavy atom. The van der Waals surface area contributed by atoms with E-state index in [-0.39, 0.29) is 17.0 Å². The second-order valence-corrected chi connectivity index (χ2v) is 3.39. The maximum Gasteiger partial charge on any atom is 0.330 e. The summed E-state index contributed by atoms with van der Waals surface area (Å²) < 4.78 is 0. The van der Waals surface area contributed by atoms with Crippen molar-refractivity contribution >= 4 is 28.9 Å². The number of carbonyl (C=O) groups is 2. The van der Waals surface area contributed by atoms with Crippen LogP contribution in [0.4, 0.5) is 0 Å². The Balaban J connectivity index is 0.00000128. The zero-order valence-corrected chi connectivity index (χ0v) is 9.93. The van der Waals surface area contributed by atoms with Crippen LogP contribution < -0.4 is 11.1 Å². The molecular weight excluding hydrogens is 276 g/mol. The molecular formula is C10H11BrN2O3. The molecule has 0 saturated heterocycles. The molecule has 1 heterocycles. The van der Waals surface area contributed by atoms with Crippen molar-refractivity contribution in [2.75, 3.05) is 0 Å². The molecule has 0 saturated carbocycles. The van der Waals surface area contributed by atoms with Gasteiger partial charge in [0, 0.05) is 0 Å². The van der Waals surface area contributed by atoms with E-state index in [9.17, 15) is 9.59 Å². The first-order valence-corrected chi connectivity index (χ1v) is 4.49. The second-order valence-electron chi connectivity index (χ2n) is 3.39. The molecule has 0 unspecified atom stereocenters. The summed E-state index contributed by atoms with van der Waals surface area (Å²) in [5, 5.41) is 11.3. The number of amides is 1. The number of hydrogen-bond acceptors (Lipinski definition) is 3. The average molecular weight is 287 g/mol. The molecule has 6 heteroatoms. The quantitative estimate of drug-likeness (QED) is 0.702. The molecule has 1 aliphatic heterocycles. The topological polar surface area (TPSA) is 92.4 Å². The van der Waals surface area contributed by atoms with E-state index in [1.807, 2.05) is 0 Å². The summed E-state index contributed by atoms with van der Waals surface area (Å²) in [6, 6.07) is 5.02. The Bertz CT molecular complexity index is 436. The molecule has 0 fully saturated rings. The van der Waals surface area contributed by atoms with Gasteiger partial charge in [0.2, 0.25) is 5.91 Å². The lowest BCUT2D eigenvalue weighted by Crippen LogP contribution is -2.44. The van der Waals surface area contributed by atoms with Crippen molar-refractivity contribution in [3.63, 3.8) is 0 Å². The normalized spacial score (nSPS) is 22.7. The van der Waals surface area contributed by atoms with Crippen LogP contribution in [0.3, 0.4) is 0 Å². The van der Waals surface area contributed by atoms with Crippen LogP contribution in [0.25, 0.3) is 0 Å². The van der Waals surface area contributed by atoms with Gasteiger partial charge in [-0.3, -0.25) is 4.79 Å². The van der Waals surface area contributed by atoms with E-state index in [1.54, 1.807) is 24.3 Å². The van der Waals surface area contributed by atoms with Gasteiger partial charge in [0.15, 0.2) is 6.04 Å². The van der Waals surface area contributed by atoms with Crippen molar-refractivity contribution in [1.29, 1.82) is 0 Å². The number of nitrogens with one attached hydrogen (secondary N) is 1. The van der Waals surface area contributed by atoms with E-state index >= 15 is 0 Å². The third-order valence-electron chi connectivity index (χ3n) is 2.46. The molecule has 0 aromatic heterocycles. The summed E-state index contributed by atoms with van der Waals surface area (Å²) in [5.74, 6) is -1.54. The smallest absolute Gasteiger partial charge is 0.330 e. The van der Waals surface area contributed by atoms with Crippen LogP contribution in [-0.4, -0.2) is 17.0 Å². The molecule has 1 aliphatic rings. The van der Waals surface area contributed by atoms with Crippen LogP contribution in [-0.2, 0) is 9.59 Å². The SMILES string of the molecule is Br.N[C@@H]1C(=O)N[C@@H](C(=O)O)c2ccccc21. The maximum absolute atomic E-state index is 11.4. The van der Waals surface area contributed by atoms with Gasteiger partial charge in [0.25, 0.3) is 0 Å². The van der Waals surface area contributed by atoms with Crippen LogP contribution in [0.1, 0.15) is 23.2 Å². The molecule has 0 radical (unpaired) electrons. The molecule has 0 bridgehead atoms. The highest BCUT2D eigenvalue weighted by Gasteiger charge is 2.34. The first-order valence-electron chi connectivity index (χ1n) is 4.49. The fourth-order valence-electron chi connectivity index (χ4n) is 1.70. The monoisotopic (exact) mass is 286 g/mol. The van der Waals surface area contributed by atoms with E-state index in [0.29, 0.717) is 11.1 Å². The number of rotatable bonds is 1. The van der Waals surface area contributed by atoms with Crippen LogP contribution >= 0.6 is 17.0 Å². The maximum atomic E-state index is 11.4. The van der Waals surface area contributed by atoms with Gasteiger partial charge >= 0.3 is 5.97 Å². The predicted molar refractivity (Wildman–Crippen MR) is 62.2 cm³/mol. The van der Waals surface area contributed by atoms with E-state index in [0.717, 1.165) is 0 Å². The van der Waals surface area contributed by atoms with Gasteiger partial charge in [0.05, 0.1) is 0 Å².